The van der Waals surface area contributed by atoms with Gasteiger partial charge in [-0.1, -0.05) is 26.2 Å². The van der Waals surface area contributed by atoms with E-state index in [0.717, 1.165) is 6.42 Å². The minimum Gasteiger partial charge on any atom is -0.393 e. The van der Waals surface area contributed by atoms with Crippen molar-refractivity contribution < 1.29 is 5.11 Å². The number of aliphatic hydroxyl groups excluding tert-OH is 1. The first-order valence-corrected chi connectivity index (χ1v) is 5.43. The normalized spacial score (nSPS) is 40.5. The smallest absolute Gasteiger partial charge is 0.0571 e. The monoisotopic (exact) mass is 168 g/mol. The van der Waals surface area contributed by atoms with Crippen LogP contribution in [0.15, 0.2) is 0 Å². The van der Waals surface area contributed by atoms with Crippen molar-refractivity contribution >= 4 is 0 Å². The van der Waals surface area contributed by atoms with Crippen molar-refractivity contribution in [2.45, 2.75) is 58.0 Å². The molecular formula is C11H20O. The van der Waals surface area contributed by atoms with E-state index in [2.05, 4.69) is 6.92 Å². The van der Waals surface area contributed by atoms with Gasteiger partial charge in [0.05, 0.1) is 6.10 Å². The zero-order valence-corrected chi connectivity index (χ0v) is 8.05. The average Bonchev–Trinajstić information content (AvgIpc) is 2.37. The summed E-state index contributed by atoms with van der Waals surface area (Å²) >= 11 is 0. The molecule has 2 saturated carbocycles. The third-order valence-corrected chi connectivity index (χ3v) is 4.33. The predicted molar refractivity (Wildman–Crippen MR) is 49.9 cm³/mol. The lowest BCUT2D eigenvalue weighted by molar-refractivity contribution is 0.0641. The van der Waals surface area contributed by atoms with Gasteiger partial charge in [-0.2, -0.15) is 0 Å². The van der Waals surface area contributed by atoms with Crippen LogP contribution in [0.25, 0.3) is 0 Å². The van der Waals surface area contributed by atoms with Crippen LogP contribution in [0.2, 0.25) is 0 Å². The van der Waals surface area contributed by atoms with E-state index in [1.54, 1.807) is 0 Å². The molecular weight excluding hydrogens is 148 g/mol. The van der Waals surface area contributed by atoms with Gasteiger partial charge in [-0.3, -0.25) is 0 Å². The zero-order chi connectivity index (χ0) is 8.60. The summed E-state index contributed by atoms with van der Waals surface area (Å²) in [6, 6.07) is 0. The molecule has 0 aromatic rings. The van der Waals surface area contributed by atoms with Crippen molar-refractivity contribution in [3.8, 4) is 0 Å². The standard InChI is InChI=1S/C11H20O/c1-9-10(12)5-8-11(9)6-3-2-4-7-11/h9-10,12H,2-8H2,1H3. The highest BCUT2D eigenvalue weighted by molar-refractivity contribution is 4.95. The first kappa shape index (κ1) is 8.55. The molecule has 0 amide bonds. The van der Waals surface area contributed by atoms with Gasteiger partial charge in [0.1, 0.15) is 0 Å². The maximum absolute atomic E-state index is 9.72. The molecule has 1 N–H and O–H groups in total. The molecule has 1 nitrogen and oxygen atoms in total. The molecule has 0 radical (unpaired) electrons. The van der Waals surface area contributed by atoms with Gasteiger partial charge in [-0.25, -0.2) is 0 Å². The van der Waals surface area contributed by atoms with E-state index in [0.29, 0.717) is 11.3 Å². The van der Waals surface area contributed by atoms with Crippen LogP contribution < -0.4 is 0 Å². The zero-order valence-electron chi connectivity index (χ0n) is 8.05. The molecule has 2 rings (SSSR count). The Bertz CT molecular complexity index is 153. The number of aliphatic hydroxyl groups is 1. The lowest BCUT2D eigenvalue weighted by Gasteiger charge is -2.38. The van der Waals surface area contributed by atoms with Crippen LogP contribution in [0.4, 0.5) is 0 Å². The SMILES string of the molecule is CC1C(O)CCC12CCCCC2. The van der Waals surface area contributed by atoms with Gasteiger partial charge in [-0.15, -0.1) is 0 Å². The fraction of sp³-hybridized carbons (Fsp3) is 1.00. The summed E-state index contributed by atoms with van der Waals surface area (Å²) < 4.78 is 0. The fourth-order valence-electron chi connectivity index (χ4n) is 3.28. The van der Waals surface area contributed by atoms with Crippen molar-refractivity contribution in [1.29, 1.82) is 0 Å². The average molecular weight is 168 g/mol. The molecule has 0 aliphatic heterocycles. The highest BCUT2D eigenvalue weighted by atomic mass is 16.3. The quantitative estimate of drug-likeness (QED) is 0.589. The Hall–Kier alpha value is -0.0400. The van der Waals surface area contributed by atoms with Crippen LogP contribution in [-0.4, -0.2) is 11.2 Å². The minimum absolute atomic E-state index is 0.00287. The van der Waals surface area contributed by atoms with E-state index in [-0.39, 0.29) is 6.10 Å². The Morgan fingerprint density at radius 3 is 2.25 bits per heavy atom. The van der Waals surface area contributed by atoms with E-state index in [1.807, 2.05) is 0 Å². The molecule has 1 heteroatoms. The van der Waals surface area contributed by atoms with Gasteiger partial charge >= 0.3 is 0 Å². The maximum atomic E-state index is 9.72. The van der Waals surface area contributed by atoms with Gasteiger partial charge < -0.3 is 5.11 Å². The van der Waals surface area contributed by atoms with Crippen LogP contribution in [0.5, 0.6) is 0 Å². The molecule has 2 fully saturated rings. The summed E-state index contributed by atoms with van der Waals surface area (Å²) in [7, 11) is 0. The van der Waals surface area contributed by atoms with E-state index in [4.69, 9.17) is 0 Å². The van der Waals surface area contributed by atoms with Gasteiger partial charge in [0.25, 0.3) is 0 Å². The Labute approximate surface area is 75.2 Å². The molecule has 12 heavy (non-hydrogen) atoms. The van der Waals surface area contributed by atoms with Gasteiger partial charge in [0.15, 0.2) is 0 Å². The molecule has 0 heterocycles. The summed E-state index contributed by atoms with van der Waals surface area (Å²) in [4.78, 5) is 0. The summed E-state index contributed by atoms with van der Waals surface area (Å²) in [5.41, 5.74) is 0.553. The van der Waals surface area contributed by atoms with Crippen molar-refractivity contribution in [2.75, 3.05) is 0 Å². The Kier molecular flexibility index (Phi) is 2.16. The molecule has 70 valence electrons. The summed E-state index contributed by atoms with van der Waals surface area (Å²) in [6.45, 7) is 2.25. The second-order valence-electron chi connectivity index (χ2n) is 4.82. The third kappa shape index (κ3) is 1.19. The second kappa shape index (κ2) is 3.02. The van der Waals surface area contributed by atoms with Gasteiger partial charge in [-0.05, 0) is 37.0 Å². The molecule has 2 aliphatic rings. The van der Waals surface area contributed by atoms with E-state index < -0.39 is 0 Å². The maximum Gasteiger partial charge on any atom is 0.0571 e. The first-order valence-electron chi connectivity index (χ1n) is 5.43. The van der Waals surface area contributed by atoms with Crippen LogP contribution in [-0.2, 0) is 0 Å². The highest BCUT2D eigenvalue weighted by Gasteiger charge is 2.45. The molecule has 0 aromatic carbocycles. The fourth-order valence-corrected chi connectivity index (χ4v) is 3.28. The van der Waals surface area contributed by atoms with E-state index >= 15 is 0 Å². The second-order valence-corrected chi connectivity index (χ2v) is 4.82. The minimum atomic E-state index is 0.00287. The van der Waals surface area contributed by atoms with Gasteiger partial charge in [0, 0.05) is 0 Å². The van der Waals surface area contributed by atoms with E-state index in [1.165, 1.54) is 38.5 Å². The number of hydrogen-bond donors (Lipinski definition) is 1. The Morgan fingerprint density at radius 2 is 1.75 bits per heavy atom. The Morgan fingerprint density at radius 1 is 1.08 bits per heavy atom. The van der Waals surface area contributed by atoms with Crippen molar-refractivity contribution in [2.24, 2.45) is 11.3 Å². The molecule has 2 aliphatic carbocycles. The van der Waals surface area contributed by atoms with Crippen molar-refractivity contribution in [1.82, 2.24) is 0 Å². The largest absolute Gasteiger partial charge is 0.393 e. The Balaban J connectivity index is 2.09. The number of rotatable bonds is 0. The summed E-state index contributed by atoms with van der Waals surface area (Å²) in [6.07, 6.45) is 9.33. The lowest BCUT2D eigenvalue weighted by Crippen LogP contribution is -2.30. The van der Waals surface area contributed by atoms with Crippen LogP contribution in [0, 0.1) is 11.3 Å². The molecule has 2 atom stereocenters. The number of hydrogen-bond acceptors (Lipinski definition) is 1. The first-order chi connectivity index (χ1) is 5.75. The van der Waals surface area contributed by atoms with Gasteiger partial charge in [0.2, 0.25) is 0 Å². The van der Waals surface area contributed by atoms with Crippen LogP contribution in [0.3, 0.4) is 0 Å². The highest BCUT2D eigenvalue weighted by Crippen LogP contribution is 2.52. The topological polar surface area (TPSA) is 20.2 Å². The van der Waals surface area contributed by atoms with E-state index in [9.17, 15) is 5.11 Å². The lowest BCUT2D eigenvalue weighted by atomic mass is 9.68. The molecule has 0 saturated heterocycles. The van der Waals surface area contributed by atoms with Crippen LogP contribution >= 0.6 is 0 Å². The molecule has 0 bridgehead atoms. The predicted octanol–water partition coefficient (Wildman–Crippen LogP) is 2.73. The summed E-state index contributed by atoms with van der Waals surface area (Å²) in [5.74, 6) is 0.567. The molecule has 2 unspecified atom stereocenters. The molecule has 1 spiro atoms. The van der Waals surface area contributed by atoms with Crippen molar-refractivity contribution in [3.63, 3.8) is 0 Å². The summed E-state index contributed by atoms with van der Waals surface area (Å²) in [5, 5.41) is 9.72. The van der Waals surface area contributed by atoms with Crippen molar-refractivity contribution in [3.05, 3.63) is 0 Å². The van der Waals surface area contributed by atoms with Crippen LogP contribution in [0.1, 0.15) is 51.9 Å². The third-order valence-electron chi connectivity index (χ3n) is 4.33. The molecule has 0 aromatic heterocycles.